The van der Waals surface area contributed by atoms with Gasteiger partial charge >= 0.3 is 6.18 Å². The maximum Gasteiger partial charge on any atom is 0.416 e. The van der Waals surface area contributed by atoms with E-state index >= 15 is 0 Å². The Morgan fingerprint density at radius 2 is 1.97 bits per heavy atom. The van der Waals surface area contributed by atoms with Crippen LogP contribution in [0.25, 0.3) is 27.6 Å². The molecule has 30 heavy (non-hydrogen) atoms. The number of benzene rings is 1. The zero-order valence-corrected chi connectivity index (χ0v) is 16.1. The Bertz CT molecular complexity index is 1430. The van der Waals surface area contributed by atoms with Crippen LogP contribution in [0.1, 0.15) is 16.1 Å². The number of nitrogens with one attached hydrogen (secondary N) is 1. The molecule has 0 saturated heterocycles. The summed E-state index contributed by atoms with van der Waals surface area (Å²) in [5.41, 5.74) is 0.143. The molecule has 0 amide bonds. The molecule has 4 heterocycles. The molecule has 1 N–H and O–H groups in total. The normalized spacial score (nSPS) is 12.1. The van der Waals surface area contributed by atoms with Gasteiger partial charge in [0, 0.05) is 22.9 Å². The third kappa shape index (κ3) is 2.98. The summed E-state index contributed by atoms with van der Waals surface area (Å²) in [5.74, 6) is 0. The molecule has 0 spiro atoms. The van der Waals surface area contributed by atoms with Gasteiger partial charge in [0.1, 0.15) is 5.65 Å². The second-order valence-electron chi connectivity index (χ2n) is 6.74. The van der Waals surface area contributed by atoms with Gasteiger partial charge < -0.3 is 0 Å². The molecule has 5 nitrogen and oxygen atoms in total. The van der Waals surface area contributed by atoms with Crippen molar-refractivity contribution in [1.82, 2.24) is 19.7 Å². The fourth-order valence-electron chi connectivity index (χ4n) is 3.55. The number of nitrogens with zero attached hydrogens (tertiary/aromatic N) is 3. The maximum atomic E-state index is 13.5. The van der Waals surface area contributed by atoms with E-state index in [1.54, 1.807) is 23.5 Å². The van der Waals surface area contributed by atoms with E-state index in [9.17, 15) is 18.0 Å². The molecule has 0 saturated carbocycles. The SMILES string of the molecule is O=c1c2c(Cc3cccs3)n[nH]c2c2cccnc2n1-c1cccc(C(F)(F)F)c1. The molecule has 150 valence electrons. The van der Waals surface area contributed by atoms with Gasteiger partial charge in [-0.15, -0.1) is 11.3 Å². The molecular formula is C21H13F3N4OS. The molecule has 0 unspecified atom stereocenters. The number of hydrogen-bond donors (Lipinski definition) is 1. The van der Waals surface area contributed by atoms with Crippen molar-refractivity contribution in [3.05, 3.63) is 86.6 Å². The topological polar surface area (TPSA) is 63.6 Å². The van der Waals surface area contributed by atoms with Crippen LogP contribution in [0.4, 0.5) is 13.2 Å². The highest BCUT2D eigenvalue weighted by Gasteiger charge is 2.31. The van der Waals surface area contributed by atoms with Gasteiger partial charge in [-0.2, -0.15) is 18.3 Å². The molecule has 1 aromatic carbocycles. The number of hydrogen-bond acceptors (Lipinski definition) is 4. The first-order valence-electron chi connectivity index (χ1n) is 9.00. The van der Waals surface area contributed by atoms with Crippen LogP contribution in [0, 0.1) is 0 Å². The minimum Gasteiger partial charge on any atom is -0.277 e. The Labute approximate surface area is 171 Å². The largest absolute Gasteiger partial charge is 0.416 e. The summed E-state index contributed by atoms with van der Waals surface area (Å²) < 4.78 is 41.0. The van der Waals surface area contributed by atoms with Crippen LogP contribution in [0.3, 0.4) is 0 Å². The fourth-order valence-corrected chi connectivity index (χ4v) is 4.26. The Balaban J connectivity index is 1.83. The van der Waals surface area contributed by atoms with Crippen LogP contribution in [0.5, 0.6) is 0 Å². The predicted octanol–water partition coefficient (Wildman–Crippen LogP) is 4.93. The smallest absolute Gasteiger partial charge is 0.277 e. The Morgan fingerprint density at radius 3 is 2.73 bits per heavy atom. The molecule has 5 aromatic rings. The third-order valence-electron chi connectivity index (χ3n) is 4.88. The second-order valence-corrected chi connectivity index (χ2v) is 7.77. The monoisotopic (exact) mass is 426 g/mol. The molecule has 9 heteroatoms. The van der Waals surface area contributed by atoms with Gasteiger partial charge in [-0.3, -0.25) is 14.5 Å². The van der Waals surface area contributed by atoms with Crippen LogP contribution in [-0.2, 0) is 12.6 Å². The van der Waals surface area contributed by atoms with Crippen molar-refractivity contribution < 1.29 is 13.2 Å². The summed E-state index contributed by atoms with van der Waals surface area (Å²) >= 11 is 1.54. The average Bonchev–Trinajstić information content (AvgIpc) is 3.39. The number of thiophene rings is 1. The zero-order valence-electron chi connectivity index (χ0n) is 15.3. The molecule has 0 radical (unpaired) electrons. The predicted molar refractivity (Wildman–Crippen MR) is 109 cm³/mol. The van der Waals surface area contributed by atoms with Gasteiger partial charge in [0.15, 0.2) is 0 Å². The number of aromatic nitrogens is 4. The van der Waals surface area contributed by atoms with E-state index in [2.05, 4.69) is 15.2 Å². The first-order valence-corrected chi connectivity index (χ1v) is 9.88. The number of H-pyrrole nitrogens is 1. The molecule has 5 rings (SSSR count). The summed E-state index contributed by atoms with van der Waals surface area (Å²) in [6.45, 7) is 0. The van der Waals surface area contributed by atoms with Crippen molar-refractivity contribution in [3.8, 4) is 5.69 Å². The Kier molecular flexibility index (Phi) is 4.21. The van der Waals surface area contributed by atoms with Crippen molar-refractivity contribution >= 4 is 33.3 Å². The van der Waals surface area contributed by atoms with E-state index in [0.717, 1.165) is 17.0 Å². The van der Waals surface area contributed by atoms with E-state index in [4.69, 9.17) is 0 Å². The number of fused-ring (bicyclic) bond motifs is 3. The van der Waals surface area contributed by atoms with Crippen molar-refractivity contribution in [1.29, 1.82) is 0 Å². The van der Waals surface area contributed by atoms with E-state index in [1.807, 2.05) is 17.5 Å². The average molecular weight is 426 g/mol. The molecule has 0 fully saturated rings. The highest BCUT2D eigenvalue weighted by molar-refractivity contribution is 7.09. The maximum absolute atomic E-state index is 13.5. The molecule has 0 aliphatic heterocycles. The standard InChI is InChI=1S/C21H13F3N4OS/c22-21(23,24)12-4-1-5-13(10-12)28-19-15(7-2-8-25-19)18-17(20(28)29)16(26-27-18)11-14-6-3-9-30-14/h1-10H,11H2,(H,26,27). The van der Waals surface area contributed by atoms with E-state index in [1.165, 1.54) is 22.9 Å². The fraction of sp³-hybridized carbons (Fsp3) is 0.0952. The van der Waals surface area contributed by atoms with Gasteiger partial charge in [-0.25, -0.2) is 4.98 Å². The molecule has 4 aromatic heterocycles. The van der Waals surface area contributed by atoms with Crippen LogP contribution in [0.15, 0.2) is 64.9 Å². The summed E-state index contributed by atoms with van der Waals surface area (Å²) in [6.07, 6.45) is -2.57. The minimum absolute atomic E-state index is 0.101. The lowest BCUT2D eigenvalue weighted by molar-refractivity contribution is -0.137. The lowest BCUT2D eigenvalue weighted by atomic mass is 10.1. The molecule has 0 aliphatic carbocycles. The van der Waals surface area contributed by atoms with Crippen molar-refractivity contribution in [2.45, 2.75) is 12.6 Å². The number of pyridine rings is 2. The highest BCUT2D eigenvalue weighted by atomic mass is 32.1. The summed E-state index contributed by atoms with van der Waals surface area (Å²) in [6, 6.07) is 12.0. The third-order valence-corrected chi connectivity index (χ3v) is 5.76. The lowest BCUT2D eigenvalue weighted by Crippen LogP contribution is -2.21. The first-order chi connectivity index (χ1) is 14.4. The molecular weight excluding hydrogens is 413 g/mol. The minimum atomic E-state index is -4.52. The summed E-state index contributed by atoms with van der Waals surface area (Å²) in [7, 11) is 0. The van der Waals surface area contributed by atoms with Crippen molar-refractivity contribution in [2.75, 3.05) is 0 Å². The van der Waals surface area contributed by atoms with Crippen LogP contribution < -0.4 is 5.56 Å². The van der Waals surface area contributed by atoms with Gasteiger partial charge in [-0.1, -0.05) is 12.1 Å². The molecule has 0 bridgehead atoms. The first kappa shape index (κ1) is 18.6. The van der Waals surface area contributed by atoms with Gasteiger partial charge in [0.25, 0.3) is 5.56 Å². The van der Waals surface area contributed by atoms with Crippen LogP contribution in [0.2, 0.25) is 0 Å². The quantitative estimate of drug-likeness (QED) is 0.445. The Morgan fingerprint density at radius 1 is 1.10 bits per heavy atom. The van der Waals surface area contributed by atoms with E-state index in [0.29, 0.717) is 28.4 Å². The number of alkyl halides is 3. The van der Waals surface area contributed by atoms with Crippen LogP contribution in [-0.4, -0.2) is 19.7 Å². The lowest BCUT2D eigenvalue weighted by Gasteiger charge is -2.13. The second kappa shape index (κ2) is 6.81. The van der Waals surface area contributed by atoms with E-state index < -0.39 is 17.3 Å². The summed E-state index contributed by atoms with van der Waals surface area (Å²) in [4.78, 5) is 18.8. The molecule has 0 aliphatic rings. The molecule has 0 atom stereocenters. The number of aromatic amines is 1. The van der Waals surface area contributed by atoms with Gasteiger partial charge in [0.2, 0.25) is 0 Å². The van der Waals surface area contributed by atoms with E-state index in [-0.39, 0.29) is 11.3 Å². The number of rotatable bonds is 3. The highest BCUT2D eigenvalue weighted by Crippen LogP contribution is 2.31. The zero-order chi connectivity index (χ0) is 20.9. The van der Waals surface area contributed by atoms with Crippen molar-refractivity contribution in [3.63, 3.8) is 0 Å². The number of halogens is 3. The van der Waals surface area contributed by atoms with Crippen LogP contribution >= 0.6 is 11.3 Å². The summed E-state index contributed by atoms with van der Waals surface area (Å²) in [5, 5.41) is 10.1. The van der Waals surface area contributed by atoms with Gasteiger partial charge in [0.05, 0.1) is 27.8 Å². The Hall–Kier alpha value is -3.46. The van der Waals surface area contributed by atoms with Gasteiger partial charge in [-0.05, 0) is 41.8 Å². The van der Waals surface area contributed by atoms with Crippen molar-refractivity contribution in [2.24, 2.45) is 0 Å².